The van der Waals surface area contributed by atoms with Crippen LogP contribution in [-0.2, 0) is 19.5 Å². The summed E-state index contributed by atoms with van der Waals surface area (Å²) < 4.78 is 13.7. The van der Waals surface area contributed by atoms with Crippen molar-refractivity contribution in [1.29, 1.82) is 0 Å². The molecule has 3 heteroatoms. The molecule has 0 saturated carbocycles. The van der Waals surface area contributed by atoms with Crippen molar-refractivity contribution in [1.82, 2.24) is 4.90 Å². The minimum absolute atomic E-state index is 0.0229. The van der Waals surface area contributed by atoms with E-state index in [1.165, 1.54) is 23.3 Å². The normalized spacial score (nSPS) is 15.2. The molecule has 0 atom stereocenters. The van der Waals surface area contributed by atoms with Crippen LogP contribution >= 0.6 is 0 Å². The van der Waals surface area contributed by atoms with Gasteiger partial charge in [-0.3, -0.25) is 4.90 Å². The average Bonchev–Trinajstić information content (AvgIpc) is 2.42. The molecule has 19 heavy (non-hydrogen) atoms. The second-order valence-corrected chi connectivity index (χ2v) is 5.01. The zero-order valence-corrected chi connectivity index (χ0v) is 10.6. The van der Waals surface area contributed by atoms with Gasteiger partial charge in [0.1, 0.15) is 11.6 Å². The number of nitrogens with zero attached hydrogens (tertiary/aromatic N) is 1. The zero-order chi connectivity index (χ0) is 13.2. The van der Waals surface area contributed by atoms with Gasteiger partial charge in [0, 0.05) is 31.3 Å². The van der Waals surface area contributed by atoms with Gasteiger partial charge in [0.15, 0.2) is 0 Å². The van der Waals surface area contributed by atoms with Crippen LogP contribution in [0.25, 0.3) is 0 Å². The number of phenols is 1. The minimum atomic E-state index is -0.334. The molecule has 98 valence electrons. The molecule has 0 fully saturated rings. The fraction of sp³-hybridized carbons (Fsp3) is 0.250. The first-order valence-corrected chi connectivity index (χ1v) is 6.49. The van der Waals surface area contributed by atoms with E-state index in [2.05, 4.69) is 23.1 Å². The summed E-state index contributed by atoms with van der Waals surface area (Å²) in [5.74, 6) is -0.357. The predicted octanol–water partition coefficient (Wildman–Crippen LogP) is 3.09. The van der Waals surface area contributed by atoms with Crippen LogP contribution in [0.2, 0.25) is 0 Å². The summed E-state index contributed by atoms with van der Waals surface area (Å²) in [5.41, 5.74) is 3.36. The van der Waals surface area contributed by atoms with Crippen molar-refractivity contribution in [3.05, 3.63) is 65.0 Å². The van der Waals surface area contributed by atoms with Crippen LogP contribution in [0, 0.1) is 5.82 Å². The van der Waals surface area contributed by atoms with Gasteiger partial charge in [-0.25, -0.2) is 4.39 Å². The Morgan fingerprint density at radius 1 is 1.11 bits per heavy atom. The highest BCUT2D eigenvalue weighted by atomic mass is 19.1. The number of halogens is 1. The first-order chi connectivity index (χ1) is 9.22. The first kappa shape index (κ1) is 12.2. The molecule has 0 unspecified atom stereocenters. The standard InChI is InChI=1S/C16H16FNO/c17-16-9-15(19)6-5-14(16)11-18-8-7-12-3-1-2-4-13(12)10-18/h1-6,9,19H,7-8,10-11H2. The Kier molecular flexibility index (Phi) is 3.22. The highest BCUT2D eigenvalue weighted by Gasteiger charge is 2.17. The van der Waals surface area contributed by atoms with Crippen molar-refractivity contribution in [2.75, 3.05) is 6.54 Å². The van der Waals surface area contributed by atoms with Gasteiger partial charge in [-0.2, -0.15) is 0 Å². The lowest BCUT2D eigenvalue weighted by atomic mass is 9.99. The molecule has 2 nitrogen and oxygen atoms in total. The van der Waals surface area contributed by atoms with Gasteiger partial charge in [0.25, 0.3) is 0 Å². The summed E-state index contributed by atoms with van der Waals surface area (Å²) >= 11 is 0. The molecule has 1 N–H and O–H groups in total. The van der Waals surface area contributed by atoms with Crippen LogP contribution in [0.1, 0.15) is 16.7 Å². The van der Waals surface area contributed by atoms with Crippen LogP contribution in [0.4, 0.5) is 4.39 Å². The van der Waals surface area contributed by atoms with Crippen LogP contribution in [0.3, 0.4) is 0 Å². The van der Waals surface area contributed by atoms with Crippen molar-refractivity contribution in [3.63, 3.8) is 0 Å². The number of hydrogen-bond acceptors (Lipinski definition) is 2. The molecule has 0 radical (unpaired) electrons. The SMILES string of the molecule is Oc1ccc(CN2CCc3ccccc3C2)c(F)c1. The highest BCUT2D eigenvalue weighted by Crippen LogP contribution is 2.22. The van der Waals surface area contributed by atoms with E-state index in [0.29, 0.717) is 12.1 Å². The lowest BCUT2D eigenvalue weighted by Crippen LogP contribution is -2.30. The molecule has 3 rings (SSSR count). The summed E-state index contributed by atoms with van der Waals surface area (Å²) in [6.07, 6.45) is 1.01. The Morgan fingerprint density at radius 3 is 2.68 bits per heavy atom. The summed E-state index contributed by atoms with van der Waals surface area (Å²) in [7, 11) is 0. The molecule has 0 aliphatic carbocycles. The van der Waals surface area contributed by atoms with E-state index in [0.717, 1.165) is 19.5 Å². The fourth-order valence-electron chi connectivity index (χ4n) is 2.59. The van der Waals surface area contributed by atoms with Gasteiger partial charge in [0.2, 0.25) is 0 Å². The van der Waals surface area contributed by atoms with E-state index in [-0.39, 0.29) is 11.6 Å². The Balaban J connectivity index is 1.75. The Bertz CT molecular complexity index is 597. The lowest BCUT2D eigenvalue weighted by molar-refractivity contribution is 0.242. The Labute approximate surface area is 112 Å². The molecule has 0 spiro atoms. The second kappa shape index (κ2) is 5.02. The number of fused-ring (bicyclic) bond motifs is 1. The molecular formula is C16H16FNO. The minimum Gasteiger partial charge on any atom is -0.508 e. The molecule has 2 aromatic rings. The number of phenolic OH excluding ortho intramolecular Hbond substituents is 1. The molecule has 0 bridgehead atoms. The summed E-state index contributed by atoms with van der Waals surface area (Å²) in [6, 6.07) is 12.8. The summed E-state index contributed by atoms with van der Waals surface area (Å²) in [6.45, 7) is 2.38. The topological polar surface area (TPSA) is 23.5 Å². The molecule has 0 amide bonds. The van der Waals surface area contributed by atoms with Crippen LogP contribution in [0.5, 0.6) is 5.75 Å². The van der Waals surface area contributed by atoms with Gasteiger partial charge >= 0.3 is 0 Å². The van der Waals surface area contributed by atoms with Gasteiger partial charge in [0.05, 0.1) is 0 Å². The van der Waals surface area contributed by atoms with Crippen molar-refractivity contribution in [3.8, 4) is 5.75 Å². The van der Waals surface area contributed by atoms with Crippen LogP contribution in [0.15, 0.2) is 42.5 Å². The van der Waals surface area contributed by atoms with E-state index < -0.39 is 0 Å². The van der Waals surface area contributed by atoms with Crippen molar-refractivity contribution in [2.24, 2.45) is 0 Å². The maximum atomic E-state index is 13.7. The highest BCUT2D eigenvalue weighted by molar-refractivity contribution is 5.30. The Hall–Kier alpha value is -1.87. The molecule has 0 saturated heterocycles. The third-order valence-electron chi connectivity index (χ3n) is 3.64. The van der Waals surface area contributed by atoms with E-state index in [4.69, 9.17) is 0 Å². The molecule has 1 aliphatic heterocycles. The summed E-state index contributed by atoms with van der Waals surface area (Å²) in [5, 5.41) is 9.22. The van der Waals surface area contributed by atoms with E-state index in [1.54, 1.807) is 6.07 Å². The van der Waals surface area contributed by atoms with E-state index in [1.807, 2.05) is 6.07 Å². The van der Waals surface area contributed by atoms with Crippen molar-refractivity contribution in [2.45, 2.75) is 19.5 Å². The van der Waals surface area contributed by atoms with Crippen LogP contribution in [-0.4, -0.2) is 16.6 Å². The molecule has 0 aromatic heterocycles. The Morgan fingerprint density at radius 2 is 1.89 bits per heavy atom. The average molecular weight is 257 g/mol. The van der Waals surface area contributed by atoms with E-state index in [9.17, 15) is 9.50 Å². The predicted molar refractivity (Wildman–Crippen MR) is 72.3 cm³/mol. The third kappa shape index (κ3) is 2.61. The molecular weight excluding hydrogens is 241 g/mol. The number of benzene rings is 2. The number of hydrogen-bond donors (Lipinski definition) is 1. The number of aromatic hydroxyl groups is 1. The van der Waals surface area contributed by atoms with Gasteiger partial charge in [-0.1, -0.05) is 30.3 Å². The molecule has 1 heterocycles. The fourth-order valence-corrected chi connectivity index (χ4v) is 2.59. The quantitative estimate of drug-likeness (QED) is 0.893. The third-order valence-corrected chi connectivity index (χ3v) is 3.64. The number of rotatable bonds is 2. The van der Waals surface area contributed by atoms with Crippen LogP contribution < -0.4 is 0 Å². The van der Waals surface area contributed by atoms with Gasteiger partial charge in [-0.15, -0.1) is 0 Å². The maximum Gasteiger partial charge on any atom is 0.131 e. The molecule has 1 aliphatic rings. The second-order valence-electron chi connectivity index (χ2n) is 5.01. The lowest BCUT2D eigenvalue weighted by Gasteiger charge is -2.28. The first-order valence-electron chi connectivity index (χ1n) is 6.49. The van der Waals surface area contributed by atoms with Crippen molar-refractivity contribution < 1.29 is 9.50 Å². The van der Waals surface area contributed by atoms with Gasteiger partial charge < -0.3 is 5.11 Å². The summed E-state index contributed by atoms with van der Waals surface area (Å²) in [4.78, 5) is 2.23. The zero-order valence-electron chi connectivity index (χ0n) is 10.6. The maximum absolute atomic E-state index is 13.7. The monoisotopic (exact) mass is 257 g/mol. The van der Waals surface area contributed by atoms with Crippen molar-refractivity contribution >= 4 is 0 Å². The van der Waals surface area contributed by atoms with Gasteiger partial charge in [-0.05, 0) is 23.6 Å². The molecule has 2 aromatic carbocycles. The van der Waals surface area contributed by atoms with E-state index >= 15 is 0 Å². The largest absolute Gasteiger partial charge is 0.508 e. The smallest absolute Gasteiger partial charge is 0.131 e.